The Morgan fingerprint density at radius 2 is 2.05 bits per heavy atom. The molecule has 108 valence electrons. The summed E-state index contributed by atoms with van der Waals surface area (Å²) in [6.07, 6.45) is 0.682. The molecule has 0 aliphatic carbocycles. The number of H-pyrrole nitrogens is 2. The second-order valence-corrected chi connectivity index (χ2v) is 4.88. The number of aliphatic hydroxyl groups excluding tert-OH is 1. The number of hydrogen-bond donors (Lipinski definition) is 3. The summed E-state index contributed by atoms with van der Waals surface area (Å²) in [5.41, 5.74) is 0.893. The maximum Gasteiger partial charge on any atom is 0.340 e. The van der Waals surface area contributed by atoms with E-state index in [0.29, 0.717) is 18.8 Å². The minimum atomic E-state index is -0.297. The Bertz CT molecular complexity index is 564. The molecule has 1 unspecified atom stereocenters. The molecule has 1 atom stereocenters. The molecule has 2 aromatic rings. The zero-order valence-electron chi connectivity index (χ0n) is 11.5. The first-order valence-corrected chi connectivity index (χ1v) is 6.71. The average Bonchev–Trinajstić information content (AvgIpc) is 2.85. The van der Waals surface area contributed by atoms with Crippen molar-refractivity contribution in [2.24, 2.45) is 0 Å². The van der Waals surface area contributed by atoms with Crippen LogP contribution in [0.25, 0.3) is 0 Å². The fraction of sp³-hybridized carbons (Fsp3) is 0.429. The molecule has 0 spiro atoms. The van der Waals surface area contributed by atoms with E-state index < -0.39 is 0 Å². The zero-order chi connectivity index (χ0) is 14.4. The molecule has 1 aromatic heterocycles. The molecule has 0 radical (unpaired) electrons. The quantitative estimate of drug-likeness (QED) is 0.700. The van der Waals surface area contributed by atoms with E-state index >= 15 is 0 Å². The van der Waals surface area contributed by atoms with Gasteiger partial charge in [-0.3, -0.25) is 9.88 Å². The summed E-state index contributed by atoms with van der Waals surface area (Å²) in [7, 11) is 0. The van der Waals surface area contributed by atoms with E-state index in [1.54, 1.807) is 0 Å². The maximum absolute atomic E-state index is 11.1. The van der Waals surface area contributed by atoms with Crippen molar-refractivity contribution in [3.63, 3.8) is 0 Å². The van der Waals surface area contributed by atoms with E-state index in [4.69, 9.17) is 5.11 Å². The van der Waals surface area contributed by atoms with Crippen molar-refractivity contribution in [3.05, 3.63) is 52.2 Å². The molecule has 6 heteroatoms. The van der Waals surface area contributed by atoms with Gasteiger partial charge in [0.15, 0.2) is 0 Å². The van der Waals surface area contributed by atoms with Gasteiger partial charge in [0.1, 0.15) is 5.82 Å². The van der Waals surface area contributed by atoms with Crippen molar-refractivity contribution < 1.29 is 5.11 Å². The molecule has 0 aliphatic rings. The molecular formula is C14H20N4O2. The Labute approximate surface area is 117 Å². The lowest BCUT2D eigenvalue weighted by atomic mass is 10.1. The third kappa shape index (κ3) is 4.04. The van der Waals surface area contributed by atoms with Gasteiger partial charge < -0.3 is 5.11 Å². The van der Waals surface area contributed by atoms with Crippen LogP contribution in [0.4, 0.5) is 0 Å². The van der Waals surface area contributed by atoms with Crippen LogP contribution in [0, 0.1) is 0 Å². The summed E-state index contributed by atoms with van der Waals surface area (Å²) in [5.74, 6) is 0.607. The molecule has 6 nitrogen and oxygen atoms in total. The predicted octanol–water partition coefficient (Wildman–Crippen LogP) is 0.871. The van der Waals surface area contributed by atoms with E-state index in [2.05, 4.69) is 39.1 Å². The van der Waals surface area contributed by atoms with E-state index in [1.165, 1.54) is 5.56 Å². The molecule has 0 amide bonds. The lowest BCUT2D eigenvalue weighted by Gasteiger charge is -2.27. The van der Waals surface area contributed by atoms with E-state index in [9.17, 15) is 4.79 Å². The van der Waals surface area contributed by atoms with Gasteiger partial charge in [0, 0.05) is 19.2 Å². The SMILES string of the molecule is CC(CCO)N(Cc1ccccc1)Cc1n[nH]c(=O)[nH]1. The Morgan fingerprint density at radius 3 is 2.65 bits per heavy atom. The number of benzene rings is 1. The smallest absolute Gasteiger partial charge is 0.340 e. The number of aliphatic hydroxyl groups is 1. The molecule has 0 aliphatic heterocycles. The highest BCUT2D eigenvalue weighted by Gasteiger charge is 2.16. The second kappa shape index (κ2) is 7.02. The molecular weight excluding hydrogens is 256 g/mol. The van der Waals surface area contributed by atoms with E-state index in [1.807, 2.05) is 18.2 Å². The fourth-order valence-corrected chi connectivity index (χ4v) is 2.13. The van der Waals surface area contributed by atoms with Crippen LogP contribution >= 0.6 is 0 Å². The number of rotatable bonds is 7. The summed E-state index contributed by atoms with van der Waals surface area (Å²) >= 11 is 0. The Morgan fingerprint density at radius 1 is 1.30 bits per heavy atom. The van der Waals surface area contributed by atoms with Crippen molar-refractivity contribution in [2.45, 2.75) is 32.5 Å². The maximum atomic E-state index is 11.1. The highest BCUT2D eigenvalue weighted by molar-refractivity contribution is 5.14. The predicted molar refractivity (Wildman–Crippen MR) is 76.1 cm³/mol. The molecule has 0 bridgehead atoms. The van der Waals surface area contributed by atoms with E-state index in [-0.39, 0.29) is 18.3 Å². The summed E-state index contributed by atoms with van der Waals surface area (Å²) in [4.78, 5) is 15.9. The van der Waals surface area contributed by atoms with Crippen LogP contribution in [0.3, 0.4) is 0 Å². The summed E-state index contributed by atoms with van der Waals surface area (Å²) < 4.78 is 0. The van der Waals surface area contributed by atoms with Crippen LogP contribution in [0.15, 0.2) is 35.1 Å². The highest BCUT2D eigenvalue weighted by atomic mass is 16.3. The molecule has 2 rings (SSSR count). The average molecular weight is 276 g/mol. The lowest BCUT2D eigenvalue weighted by molar-refractivity contribution is 0.150. The second-order valence-electron chi connectivity index (χ2n) is 4.88. The number of aromatic amines is 2. The first kappa shape index (κ1) is 14.5. The van der Waals surface area contributed by atoms with Crippen molar-refractivity contribution in [2.75, 3.05) is 6.61 Å². The normalized spacial score (nSPS) is 12.8. The van der Waals surface area contributed by atoms with Gasteiger partial charge >= 0.3 is 5.69 Å². The molecule has 0 fully saturated rings. The van der Waals surface area contributed by atoms with Gasteiger partial charge in [-0.2, -0.15) is 5.10 Å². The first-order valence-electron chi connectivity index (χ1n) is 6.71. The fourth-order valence-electron chi connectivity index (χ4n) is 2.13. The largest absolute Gasteiger partial charge is 0.396 e. The highest BCUT2D eigenvalue weighted by Crippen LogP contribution is 2.12. The van der Waals surface area contributed by atoms with Crippen molar-refractivity contribution in [3.8, 4) is 0 Å². The van der Waals surface area contributed by atoms with Crippen LogP contribution in [0.2, 0.25) is 0 Å². The third-order valence-electron chi connectivity index (χ3n) is 3.30. The van der Waals surface area contributed by atoms with Crippen LogP contribution < -0.4 is 5.69 Å². The third-order valence-corrected chi connectivity index (χ3v) is 3.30. The summed E-state index contributed by atoms with van der Waals surface area (Å²) in [5, 5.41) is 15.4. The Balaban J connectivity index is 2.09. The minimum absolute atomic E-state index is 0.142. The molecule has 20 heavy (non-hydrogen) atoms. The number of hydrogen-bond acceptors (Lipinski definition) is 4. The van der Waals surface area contributed by atoms with Crippen molar-refractivity contribution >= 4 is 0 Å². The van der Waals surface area contributed by atoms with Gasteiger partial charge in [-0.15, -0.1) is 0 Å². The molecule has 0 saturated carbocycles. The van der Waals surface area contributed by atoms with Crippen molar-refractivity contribution in [1.82, 2.24) is 20.1 Å². The Kier molecular flexibility index (Phi) is 5.09. The van der Waals surface area contributed by atoms with E-state index in [0.717, 1.165) is 6.54 Å². The number of nitrogens with zero attached hydrogens (tertiary/aromatic N) is 2. The molecule has 1 aromatic carbocycles. The monoisotopic (exact) mass is 276 g/mol. The van der Waals surface area contributed by atoms with Crippen LogP contribution in [0.1, 0.15) is 24.7 Å². The zero-order valence-corrected chi connectivity index (χ0v) is 11.5. The lowest BCUT2D eigenvalue weighted by Crippen LogP contribution is -2.33. The van der Waals surface area contributed by atoms with Crippen molar-refractivity contribution in [1.29, 1.82) is 0 Å². The topological polar surface area (TPSA) is 85.0 Å². The van der Waals surface area contributed by atoms with Crippen LogP contribution in [-0.4, -0.2) is 37.8 Å². The number of aromatic nitrogens is 3. The standard InChI is InChI=1S/C14H20N4O2/c1-11(7-8-19)18(9-12-5-3-2-4-6-12)10-13-15-14(20)17-16-13/h2-6,11,19H,7-10H2,1H3,(H2,15,16,17,20). The minimum Gasteiger partial charge on any atom is -0.396 e. The Hall–Kier alpha value is -1.92. The summed E-state index contributed by atoms with van der Waals surface area (Å²) in [6, 6.07) is 10.3. The molecule has 1 heterocycles. The van der Waals surface area contributed by atoms with Gasteiger partial charge in [-0.25, -0.2) is 9.89 Å². The van der Waals surface area contributed by atoms with Gasteiger partial charge in [0.25, 0.3) is 0 Å². The first-order chi connectivity index (χ1) is 9.69. The van der Waals surface area contributed by atoms with Crippen LogP contribution in [0.5, 0.6) is 0 Å². The van der Waals surface area contributed by atoms with Crippen LogP contribution in [-0.2, 0) is 13.1 Å². The molecule has 3 N–H and O–H groups in total. The van der Waals surface area contributed by atoms with Gasteiger partial charge in [0.05, 0.1) is 6.54 Å². The van der Waals surface area contributed by atoms with Gasteiger partial charge in [0.2, 0.25) is 0 Å². The molecule has 0 saturated heterocycles. The summed E-state index contributed by atoms with van der Waals surface area (Å²) in [6.45, 7) is 3.49. The number of nitrogens with one attached hydrogen (secondary N) is 2. The van der Waals surface area contributed by atoms with Gasteiger partial charge in [-0.1, -0.05) is 30.3 Å². The van der Waals surface area contributed by atoms with Gasteiger partial charge in [-0.05, 0) is 18.9 Å².